The Morgan fingerprint density at radius 2 is 1.03 bits per heavy atom. The first-order valence-electron chi connectivity index (χ1n) is 12.4. The van der Waals surface area contributed by atoms with Gasteiger partial charge in [0.1, 0.15) is 23.1 Å². The van der Waals surface area contributed by atoms with Crippen LogP contribution in [0.25, 0.3) is 0 Å². The minimum atomic E-state index is 0.0650. The summed E-state index contributed by atoms with van der Waals surface area (Å²) < 4.78 is 10.9. The van der Waals surface area contributed by atoms with Crippen molar-refractivity contribution in [1.29, 1.82) is 0 Å². The van der Waals surface area contributed by atoms with Crippen LogP contribution in [0.15, 0.2) is 94.1 Å². The van der Waals surface area contributed by atoms with Crippen molar-refractivity contribution in [2.45, 2.75) is 59.8 Å². The van der Waals surface area contributed by atoms with Crippen LogP contribution < -0.4 is 0 Å². The van der Waals surface area contributed by atoms with Gasteiger partial charge in [0, 0.05) is 21.6 Å². The second-order valence-electron chi connectivity index (χ2n) is 8.91. The maximum Gasteiger partial charge on any atom is 0.134 e. The average Bonchev–Trinajstić information content (AvgIpc) is 2.90. The van der Waals surface area contributed by atoms with Gasteiger partial charge in [-0.05, 0) is 75.9 Å². The molecule has 0 aromatic heterocycles. The molecule has 0 radical (unpaired) electrons. The van der Waals surface area contributed by atoms with Crippen LogP contribution in [-0.4, -0.2) is 36.3 Å². The summed E-state index contributed by atoms with van der Waals surface area (Å²) in [5.74, 6) is 2.52. The summed E-state index contributed by atoms with van der Waals surface area (Å²) in [5.41, 5.74) is 0. The molecule has 2 aromatic rings. The van der Waals surface area contributed by atoms with Gasteiger partial charge in [-0.2, -0.15) is 0 Å². The van der Waals surface area contributed by atoms with Gasteiger partial charge in [0.05, 0.1) is 24.7 Å². The summed E-state index contributed by atoms with van der Waals surface area (Å²) in [4.78, 5) is 25.9. The van der Waals surface area contributed by atoms with Crippen molar-refractivity contribution in [3.05, 3.63) is 84.3 Å². The largest absolute Gasteiger partial charge is 0.500 e. The van der Waals surface area contributed by atoms with Crippen LogP contribution in [0.1, 0.15) is 39.5 Å². The molecule has 2 aliphatic carbocycles. The fourth-order valence-electron chi connectivity index (χ4n) is 4.55. The molecule has 0 aliphatic heterocycles. The van der Waals surface area contributed by atoms with Gasteiger partial charge in [-0.25, -0.2) is 0 Å². The lowest BCUT2D eigenvalue weighted by atomic mass is 9.89. The Morgan fingerprint density at radius 3 is 1.33 bits per heavy atom. The Hall–Kier alpha value is -2.44. The molecule has 0 amide bonds. The number of thioether (sulfide) groups is 2. The van der Waals surface area contributed by atoms with E-state index in [9.17, 15) is 9.59 Å². The number of Topliss-reactive ketones (excluding diaryl/α,β-unsaturated/α-hetero) is 2. The molecule has 0 N–H and O–H groups in total. The molecule has 36 heavy (non-hydrogen) atoms. The quantitative estimate of drug-likeness (QED) is 0.360. The number of benzene rings is 2. The monoisotopic (exact) mass is 524 g/mol. The zero-order chi connectivity index (χ0) is 25.9. The molecule has 6 heteroatoms. The zero-order valence-electron chi connectivity index (χ0n) is 21.5. The summed E-state index contributed by atoms with van der Waals surface area (Å²) in [7, 11) is 3.37. The number of hydrogen-bond donors (Lipinski definition) is 0. The predicted octanol–water partition coefficient (Wildman–Crippen LogP) is 7.35. The third-order valence-corrected chi connectivity index (χ3v) is 9.18. The van der Waals surface area contributed by atoms with Crippen molar-refractivity contribution in [2.75, 3.05) is 14.2 Å². The standard InChI is InChI=1S/2C15H18O2S/c2*1-11(16)13-9-6-10-14(17-2)15(13)18-12-7-4-3-5-8-12/h2*3-5,7-8,10,13,15H,6,9H2,1-2H3. The Morgan fingerprint density at radius 1 is 0.667 bits per heavy atom. The molecule has 4 atom stereocenters. The van der Waals surface area contributed by atoms with Gasteiger partial charge in [-0.15, -0.1) is 23.5 Å². The Bertz CT molecular complexity index is 964. The van der Waals surface area contributed by atoms with Gasteiger partial charge < -0.3 is 9.47 Å². The van der Waals surface area contributed by atoms with Crippen molar-refractivity contribution in [3.8, 4) is 0 Å². The van der Waals surface area contributed by atoms with Crippen molar-refractivity contribution in [2.24, 2.45) is 11.8 Å². The van der Waals surface area contributed by atoms with Crippen molar-refractivity contribution < 1.29 is 19.1 Å². The minimum absolute atomic E-state index is 0.0650. The van der Waals surface area contributed by atoms with Crippen LogP contribution in [-0.2, 0) is 19.1 Å². The highest BCUT2D eigenvalue weighted by Crippen LogP contribution is 2.40. The summed E-state index contributed by atoms with van der Waals surface area (Å²) >= 11 is 3.44. The van der Waals surface area contributed by atoms with Gasteiger partial charge in [0.2, 0.25) is 0 Å². The number of rotatable bonds is 8. The van der Waals surface area contributed by atoms with Gasteiger partial charge in [0.25, 0.3) is 0 Å². The minimum Gasteiger partial charge on any atom is -0.500 e. The molecule has 192 valence electrons. The number of carbonyl (C=O) groups excluding carboxylic acids is 2. The average molecular weight is 525 g/mol. The van der Waals surface area contributed by atoms with Crippen molar-refractivity contribution >= 4 is 35.1 Å². The van der Waals surface area contributed by atoms with Crippen LogP contribution in [0, 0.1) is 11.8 Å². The first kappa shape index (κ1) is 28.1. The van der Waals surface area contributed by atoms with E-state index in [1.54, 1.807) is 51.6 Å². The Kier molecular flexibility index (Phi) is 11.2. The summed E-state index contributed by atoms with van der Waals surface area (Å²) in [5, 5.41) is 0.229. The first-order chi connectivity index (χ1) is 17.4. The fraction of sp³-hybridized carbons (Fsp3) is 0.400. The van der Waals surface area contributed by atoms with E-state index in [-0.39, 0.29) is 33.9 Å². The molecule has 2 aromatic carbocycles. The molecule has 2 aliphatic rings. The summed E-state index contributed by atoms with van der Waals surface area (Å²) in [6.07, 6.45) is 7.93. The third-order valence-electron chi connectivity index (χ3n) is 6.47. The molecule has 0 fully saturated rings. The van der Waals surface area contributed by atoms with Gasteiger partial charge >= 0.3 is 0 Å². The molecular formula is C30H36O4S2. The number of ether oxygens (including phenoxy) is 2. The van der Waals surface area contributed by atoms with E-state index in [0.29, 0.717) is 0 Å². The molecule has 0 heterocycles. The van der Waals surface area contributed by atoms with Crippen LogP contribution in [0.3, 0.4) is 0 Å². The van der Waals surface area contributed by atoms with Crippen LogP contribution in [0.4, 0.5) is 0 Å². The van der Waals surface area contributed by atoms with Crippen LogP contribution >= 0.6 is 23.5 Å². The second kappa shape index (κ2) is 14.3. The maximum absolute atomic E-state index is 11.8. The molecular weight excluding hydrogens is 488 g/mol. The van der Waals surface area contributed by atoms with E-state index >= 15 is 0 Å². The van der Waals surface area contributed by atoms with E-state index in [4.69, 9.17) is 9.47 Å². The zero-order valence-corrected chi connectivity index (χ0v) is 23.1. The van der Waals surface area contributed by atoms with E-state index in [2.05, 4.69) is 36.4 Å². The second-order valence-corrected chi connectivity index (χ2v) is 11.3. The number of ketones is 2. The molecule has 4 rings (SSSR count). The first-order valence-corrected chi connectivity index (χ1v) is 14.1. The lowest BCUT2D eigenvalue weighted by Gasteiger charge is -2.29. The van der Waals surface area contributed by atoms with E-state index in [0.717, 1.165) is 37.2 Å². The molecule has 0 saturated heterocycles. The topological polar surface area (TPSA) is 52.6 Å². The van der Waals surface area contributed by atoms with E-state index < -0.39 is 0 Å². The van der Waals surface area contributed by atoms with Gasteiger partial charge in [-0.1, -0.05) is 36.4 Å². The highest BCUT2D eigenvalue weighted by Gasteiger charge is 2.33. The summed E-state index contributed by atoms with van der Waals surface area (Å²) in [6, 6.07) is 20.4. The van der Waals surface area contributed by atoms with E-state index in [1.807, 2.05) is 36.4 Å². The normalized spacial score (nSPS) is 23.3. The fourth-order valence-corrected chi connectivity index (χ4v) is 7.36. The van der Waals surface area contributed by atoms with Gasteiger partial charge in [0.15, 0.2) is 0 Å². The highest BCUT2D eigenvalue weighted by molar-refractivity contribution is 8.00. The predicted molar refractivity (Wildman–Crippen MR) is 149 cm³/mol. The molecule has 4 unspecified atom stereocenters. The molecule has 0 bridgehead atoms. The Balaban J connectivity index is 0.000000201. The van der Waals surface area contributed by atoms with Crippen LogP contribution in [0.5, 0.6) is 0 Å². The van der Waals surface area contributed by atoms with Crippen molar-refractivity contribution in [3.63, 3.8) is 0 Å². The number of methoxy groups -OCH3 is 2. The number of allylic oxidation sites excluding steroid dienone is 2. The van der Waals surface area contributed by atoms with Crippen molar-refractivity contribution in [1.82, 2.24) is 0 Å². The SMILES string of the molecule is COC1=CCCC(C(C)=O)C1Sc1ccccc1.COC1=CCCC(C(C)=O)C1Sc1ccccc1. The maximum atomic E-state index is 11.8. The molecule has 4 nitrogen and oxygen atoms in total. The number of hydrogen-bond acceptors (Lipinski definition) is 6. The lowest BCUT2D eigenvalue weighted by molar-refractivity contribution is -0.121. The van der Waals surface area contributed by atoms with Gasteiger partial charge in [-0.3, -0.25) is 9.59 Å². The third kappa shape index (κ3) is 7.78. The van der Waals surface area contributed by atoms with Crippen LogP contribution in [0.2, 0.25) is 0 Å². The molecule has 0 saturated carbocycles. The number of carbonyl (C=O) groups is 2. The highest BCUT2D eigenvalue weighted by atomic mass is 32.2. The molecule has 0 spiro atoms. The van der Waals surface area contributed by atoms with E-state index in [1.165, 1.54) is 9.79 Å². The smallest absolute Gasteiger partial charge is 0.134 e. The summed E-state index contributed by atoms with van der Waals surface area (Å²) in [6.45, 7) is 3.36. The lowest BCUT2D eigenvalue weighted by Crippen LogP contribution is -2.29. The Labute approximate surface area is 223 Å².